The largest absolute Gasteiger partial charge is 0.361 e. The van der Waals surface area contributed by atoms with Gasteiger partial charge in [-0.25, -0.2) is 9.78 Å². The summed E-state index contributed by atoms with van der Waals surface area (Å²) >= 11 is 0. The molecule has 0 aromatic carbocycles. The molecule has 0 atom stereocenters. The lowest BCUT2D eigenvalue weighted by molar-refractivity contribution is 0.222. The van der Waals surface area contributed by atoms with Gasteiger partial charge in [-0.2, -0.15) is 0 Å². The molecule has 0 radical (unpaired) electrons. The molecule has 1 rings (SSSR count). The van der Waals surface area contributed by atoms with Crippen molar-refractivity contribution in [3.8, 4) is 0 Å². The van der Waals surface area contributed by atoms with Gasteiger partial charge in [0.25, 0.3) is 0 Å². The highest BCUT2D eigenvalue weighted by Gasteiger charge is 2.19. The van der Waals surface area contributed by atoms with Crippen molar-refractivity contribution in [1.29, 1.82) is 0 Å². The second-order valence-corrected chi connectivity index (χ2v) is 5.26. The van der Waals surface area contributed by atoms with E-state index in [9.17, 15) is 4.79 Å². The van der Waals surface area contributed by atoms with Crippen LogP contribution in [0.2, 0.25) is 0 Å². The van der Waals surface area contributed by atoms with Crippen molar-refractivity contribution in [2.75, 3.05) is 65.2 Å². The molecule has 0 aliphatic heterocycles. The lowest BCUT2D eigenvalue weighted by Gasteiger charge is -2.27. The number of urea groups is 1. The number of likely N-dealkylation sites (N-methyl/N-ethyl adjacent to an activating group) is 1. The smallest absolute Gasteiger partial charge is 0.325 e. The molecule has 9 heteroatoms. The maximum atomic E-state index is 12.3. The Balaban J connectivity index is 0. The van der Waals surface area contributed by atoms with Gasteiger partial charge in [0.15, 0.2) is 5.82 Å². The molecule has 1 heterocycles. The summed E-state index contributed by atoms with van der Waals surface area (Å²) in [6, 6.07) is -0.0999. The van der Waals surface area contributed by atoms with Gasteiger partial charge in [0.1, 0.15) is 5.82 Å². The van der Waals surface area contributed by atoms with Crippen molar-refractivity contribution in [2.24, 2.45) is 0 Å². The van der Waals surface area contributed by atoms with E-state index in [1.54, 1.807) is 36.3 Å². The molecule has 0 aliphatic carbocycles. The van der Waals surface area contributed by atoms with Crippen LogP contribution < -0.4 is 9.80 Å². The fraction of sp³-hybridized carbons (Fsp3) is 0.615. The second kappa shape index (κ2) is 10.4. The van der Waals surface area contributed by atoms with Crippen molar-refractivity contribution in [3.05, 3.63) is 12.4 Å². The summed E-state index contributed by atoms with van der Waals surface area (Å²) in [4.78, 5) is 28.0. The molecule has 128 valence electrons. The molecule has 7 nitrogen and oxygen atoms in total. The molecule has 0 saturated carbocycles. The average molecular weight is 353 g/mol. The molecule has 0 saturated heterocycles. The summed E-state index contributed by atoms with van der Waals surface area (Å²) in [6.07, 6.45) is 3.29. The van der Waals surface area contributed by atoms with Crippen LogP contribution in [0.1, 0.15) is 0 Å². The van der Waals surface area contributed by atoms with E-state index < -0.39 is 0 Å². The van der Waals surface area contributed by atoms with Gasteiger partial charge in [-0.15, -0.1) is 24.8 Å². The molecule has 0 unspecified atom stereocenters. The van der Waals surface area contributed by atoms with Crippen LogP contribution in [0.4, 0.5) is 16.4 Å². The summed E-state index contributed by atoms with van der Waals surface area (Å²) in [5.41, 5.74) is 0. The van der Waals surface area contributed by atoms with Crippen molar-refractivity contribution in [3.63, 3.8) is 0 Å². The minimum Gasteiger partial charge on any atom is -0.361 e. The first-order valence-electron chi connectivity index (χ1n) is 6.46. The van der Waals surface area contributed by atoms with E-state index in [1.165, 1.54) is 0 Å². The Kier molecular flexibility index (Phi) is 10.9. The molecule has 0 bridgehead atoms. The monoisotopic (exact) mass is 352 g/mol. The number of amides is 2. The normalized spacial score (nSPS) is 9.59. The van der Waals surface area contributed by atoms with Crippen molar-refractivity contribution in [1.82, 2.24) is 19.8 Å². The van der Waals surface area contributed by atoms with E-state index in [-0.39, 0.29) is 30.8 Å². The first kappa shape index (κ1) is 23.0. The molecular formula is C13H26Cl2N6O. The lowest BCUT2D eigenvalue weighted by atomic mass is 10.4. The second-order valence-electron chi connectivity index (χ2n) is 5.26. The van der Waals surface area contributed by atoms with E-state index in [4.69, 9.17) is 0 Å². The summed E-state index contributed by atoms with van der Waals surface area (Å²) in [6.45, 7) is 1.32. The van der Waals surface area contributed by atoms with Gasteiger partial charge in [0.2, 0.25) is 0 Å². The summed E-state index contributed by atoms with van der Waals surface area (Å²) in [5.74, 6) is 1.29. The number of rotatable bonds is 5. The average Bonchev–Trinajstić information content (AvgIpc) is 2.38. The summed E-state index contributed by atoms with van der Waals surface area (Å²) in [7, 11) is 11.2. The van der Waals surface area contributed by atoms with E-state index in [2.05, 4.69) is 9.97 Å². The molecule has 0 fully saturated rings. The number of carbonyl (C=O) groups is 1. The number of aromatic nitrogens is 2. The van der Waals surface area contributed by atoms with E-state index in [0.717, 1.165) is 12.4 Å². The Hall–Kier alpha value is -1.31. The van der Waals surface area contributed by atoms with E-state index in [0.29, 0.717) is 12.4 Å². The molecule has 22 heavy (non-hydrogen) atoms. The van der Waals surface area contributed by atoms with Crippen LogP contribution in [0.3, 0.4) is 0 Å². The van der Waals surface area contributed by atoms with Crippen LogP contribution >= 0.6 is 24.8 Å². The summed E-state index contributed by atoms with van der Waals surface area (Å²) in [5, 5.41) is 0. The zero-order valence-corrected chi connectivity index (χ0v) is 15.6. The molecule has 1 aromatic heterocycles. The Morgan fingerprint density at radius 3 is 1.95 bits per heavy atom. The molecule has 1 aromatic rings. The number of halogens is 2. The highest BCUT2D eigenvalue weighted by Crippen LogP contribution is 2.15. The molecule has 0 aliphatic rings. The van der Waals surface area contributed by atoms with Crippen LogP contribution in [0, 0.1) is 0 Å². The van der Waals surface area contributed by atoms with Crippen molar-refractivity contribution in [2.45, 2.75) is 0 Å². The number of anilines is 2. The zero-order valence-electron chi connectivity index (χ0n) is 14.0. The number of hydrogen-bond acceptors (Lipinski definition) is 5. The van der Waals surface area contributed by atoms with E-state index >= 15 is 0 Å². The van der Waals surface area contributed by atoms with Crippen LogP contribution in [0.15, 0.2) is 12.4 Å². The minimum absolute atomic E-state index is 0. The third kappa shape index (κ3) is 6.64. The SMILES string of the molecule is CN(C)CCN(C(=O)N(C)C)c1cncc(N(C)C)n1.Cl.Cl. The van der Waals surface area contributed by atoms with Crippen LogP contribution in [-0.4, -0.2) is 81.2 Å². The van der Waals surface area contributed by atoms with Gasteiger partial charge in [-0.3, -0.25) is 9.88 Å². The predicted octanol–water partition coefficient (Wildman–Crippen LogP) is 1.44. The molecular weight excluding hydrogens is 327 g/mol. The Labute approximate surface area is 145 Å². The molecule has 2 amide bonds. The highest BCUT2D eigenvalue weighted by molar-refractivity contribution is 5.90. The number of nitrogens with zero attached hydrogens (tertiary/aromatic N) is 6. The quantitative estimate of drug-likeness (QED) is 0.802. The fourth-order valence-corrected chi connectivity index (χ4v) is 1.54. The van der Waals surface area contributed by atoms with Gasteiger partial charge in [0.05, 0.1) is 12.4 Å². The number of hydrogen-bond donors (Lipinski definition) is 0. The lowest BCUT2D eigenvalue weighted by Crippen LogP contribution is -2.43. The van der Waals surface area contributed by atoms with Crippen molar-refractivity contribution >= 4 is 42.5 Å². The zero-order chi connectivity index (χ0) is 15.3. The van der Waals surface area contributed by atoms with Crippen LogP contribution in [-0.2, 0) is 0 Å². The first-order chi connectivity index (χ1) is 9.32. The van der Waals surface area contributed by atoms with Crippen molar-refractivity contribution < 1.29 is 4.79 Å². The molecule has 0 spiro atoms. The van der Waals surface area contributed by atoms with Gasteiger partial charge < -0.3 is 14.7 Å². The van der Waals surface area contributed by atoms with Crippen LogP contribution in [0.5, 0.6) is 0 Å². The van der Waals surface area contributed by atoms with Gasteiger partial charge in [-0.05, 0) is 14.1 Å². The topological polar surface area (TPSA) is 55.8 Å². The van der Waals surface area contributed by atoms with Gasteiger partial charge in [-0.1, -0.05) is 0 Å². The number of carbonyl (C=O) groups excluding carboxylic acids is 1. The van der Waals surface area contributed by atoms with Gasteiger partial charge in [0, 0.05) is 41.3 Å². The summed E-state index contributed by atoms with van der Waals surface area (Å²) < 4.78 is 0. The highest BCUT2D eigenvalue weighted by atomic mass is 35.5. The van der Waals surface area contributed by atoms with Gasteiger partial charge >= 0.3 is 6.03 Å². The Morgan fingerprint density at radius 1 is 0.955 bits per heavy atom. The maximum absolute atomic E-state index is 12.3. The fourth-order valence-electron chi connectivity index (χ4n) is 1.54. The molecule has 0 N–H and O–H groups in total. The maximum Gasteiger partial charge on any atom is 0.325 e. The van der Waals surface area contributed by atoms with Crippen LogP contribution in [0.25, 0.3) is 0 Å². The first-order valence-corrected chi connectivity index (χ1v) is 6.46. The van der Waals surface area contributed by atoms with E-state index in [1.807, 2.05) is 38.0 Å². The Bertz CT molecular complexity index is 456. The minimum atomic E-state index is -0.0999. The third-order valence-electron chi connectivity index (χ3n) is 2.73. The predicted molar refractivity (Wildman–Crippen MR) is 95.8 cm³/mol. The standard InChI is InChI=1S/C13H24N6O.2ClH/c1-16(2)7-8-19(13(20)18(5)6)12-10-14-9-11(15-12)17(3)4;;/h9-10H,7-8H2,1-6H3;2*1H. The third-order valence-corrected chi connectivity index (χ3v) is 2.73. The Morgan fingerprint density at radius 2 is 1.50 bits per heavy atom.